The van der Waals surface area contributed by atoms with Gasteiger partial charge in [-0.05, 0) is 60.3 Å². The van der Waals surface area contributed by atoms with Gasteiger partial charge in [0.2, 0.25) is 0 Å². The lowest BCUT2D eigenvalue weighted by Crippen LogP contribution is -2.11. The van der Waals surface area contributed by atoms with E-state index >= 15 is 0 Å². The van der Waals surface area contributed by atoms with E-state index in [-0.39, 0.29) is 0 Å². The molecule has 0 aromatic heterocycles. The maximum atomic E-state index is 2.41. The zero-order chi connectivity index (χ0) is 13.3. The number of benzene rings is 1. The van der Waals surface area contributed by atoms with Gasteiger partial charge in [-0.15, -0.1) is 0 Å². The third kappa shape index (κ3) is 2.68. The second-order valence-electron chi connectivity index (χ2n) is 6.46. The van der Waals surface area contributed by atoms with Gasteiger partial charge in [-0.3, -0.25) is 0 Å². The van der Waals surface area contributed by atoms with Crippen molar-refractivity contribution in [1.82, 2.24) is 0 Å². The molecule has 1 aromatic rings. The molecule has 0 saturated carbocycles. The Kier molecular flexibility index (Phi) is 3.94. The minimum absolute atomic E-state index is 0.635. The third-order valence-corrected chi connectivity index (χ3v) is 3.92. The Balaban J connectivity index is 2.49. The first-order valence-corrected chi connectivity index (χ1v) is 7.28. The van der Waals surface area contributed by atoms with Crippen LogP contribution in [0.1, 0.15) is 62.8 Å². The van der Waals surface area contributed by atoms with Crippen molar-refractivity contribution in [3.05, 3.63) is 46.0 Å². The second-order valence-corrected chi connectivity index (χ2v) is 6.46. The Morgan fingerprint density at radius 3 is 2.44 bits per heavy atom. The summed E-state index contributed by atoms with van der Waals surface area (Å²) in [5, 5.41) is 0. The number of hydrogen-bond acceptors (Lipinski definition) is 0. The molecule has 18 heavy (non-hydrogen) atoms. The summed E-state index contributed by atoms with van der Waals surface area (Å²) in [7, 11) is 0. The van der Waals surface area contributed by atoms with E-state index in [9.17, 15) is 0 Å². The molecule has 0 spiro atoms. The van der Waals surface area contributed by atoms with Crippen LogP contribution in [-0.4, -0.2) is 0 Å². The Bertz CT molecular complexity index is 461. The van der Waals surface area contributed by atoms with Gasteiger partial charge in [-0.1, -0.05) is 51.5 Å². The van der Waals surface area contributed by atoms with Crippen LogP contribution >= 0.6 is 0 Å². The fraction of sp³-hybridized carbons (Fsp3) is 0.556. The van der Waals surface area contributed by atoms with E-state index in [1.807, 2.05) is 0 Å². The highest BCUT2D eigenvalue weighted by atomic mass is 14.2. The highest BCUT2D eigenvalue weighted by Gasteiger charge is 2.18. The van der Waals surface area contributed by atoms with Crippen molar-refractivity contribution in [3.8, 4) is 0 Å². The van der Waals surface area contributed by atoms with Crippen molar-refractivity contribution in [3.63, 3.8) is 0 Å². The summed E-state index contributed by atoms with van der Waals surface area (Å²) >= 11 is 0. The van der Waals surface area contributed by atoms with Crippen LogP contribution in [0.5, 0.6) is 0 Å². The van der Waals surface area contributed by atoms with Crippen molar-refractivity contribution < 1.29 is 0 Å². The molecule has 0 aliphatic heterocycles. The van der Waals surface area contributed by atoms with Crippen LogP contribution in [0, 0.1) is 5.92 Å². The number of rotatable bonds is 3. The molecule has 1 aromatic carbocycles. The van der Waals surface area contributed by atoms with Crippen molar-refractivity contribution >= 4 is 0 Å². The molecule has 1 aliphatic carbocycles. The Morgan fingerprint density at radius 1 is 1.11 bits per heavy atom. The topological polar surface area (TPSA) is 0 Å². The predicted octanol–water partition coefficient (Wildman–Crippen LogP) is 5.05. The van der Waals surface area contributed by atoms with Crippen molar-refractivity contribution in [2.45, 2.75) is 59.8 Å². The predicted molar refractivity (Wildman–Crippen MR) is 80.2 cm³/mol. The molecule has 0 heterocycles. The van der Waals surface area contributed by atoms with Gasteiger partial charge in [0, 0.05) is 0 Å². The molecule has 0 N–H and O–H groups in total. The summed E-state index contributed by atoms with van der Waals surface area (Å²) in [6, 6.07) is 4.74. The van der Waals surface area contributed by atoms with E-state index in [1.165, 1.54) is 12.0 Å². The summed E-state index contributed by atoms with van der Waals surface area (Å²) in [5.41, 5.74) is 7.92. The molecule has 0 amide bonds. The largest absolute Gasteiger partial charge is 0.0809 e. The molecule has 98 valence electrons. The number of hydrogen-bond donors (Lipinski definition) is 0. The number of allylic oxidation sites excluding steroid dienone is 2. The molecule has 0 atom stereocenters. The first-order chi connectivity index (χ1) is 8.49. The van der Waals surface area contributed by atoms with Crippen LogP contribution in [0.15, 0.2) is 23.8 Å². The molecule has 0 radical (unpaired) electrons. The van der Waals surface area contributed by atoms with Crippen LogP contribution in [0.25, 0.3) is 0 Å². The summed E-state index contributed by atoms with van der Waals surface area (Å²) in [5.74, 6) is 1.37. The molecule has 0 fully saturated rings. The molecule has 2 rings (SSSR count). The van der Waals surface area contributed by atoms with E-state index in [2.05, 4.69) is 52.8 Å². The molecular formula is C18H26. The van der Waals surface area contributed by atoms with Crippen molar-refractivity contribution in [2.24, 2.45) is 5.92 Å². The highest BCUT2D eigenvalue weighted by Crippen LogP contribution is 2.31. The summed E-state index contributed by atoms with van der Waals surface area (Å²) in [6.07, 6.45) is 5.93. The van der Waals surface area contributed by atoms with E-state index < -0.39 is 0 Å². The molecular weight excluding hydrogens is 216 g/mol. The third-order valence-electron chi connectivity index (χ3n) is 3.92. The van der Waals surface area contributed by atoms with Crippen LogP contribution < -0.4 is 0 Å². The zero-order valence-electron chi connectivity index (χ0n) is 12.5. The summed E-state index contributed by atoms with van der Waals surface area (Å²) in [6.45, 7) is 11.5. The fourth-order valence-corrected chi connectivity index (χ4v) is 3.02. The van der Waals surface area contributed by atoms with Gasteiger partial charge in [0.05, 0.1) is 0 Å². The average Bonchev–Trinajstić information content (AvgIpc) is 2.27. The van der Waals surface area contributed by atoms with Gasteiger partial charge in [0.1, 0.15) is 0 Å². The Labute approximate surface area is 112 Å². The number of fused-ring (bicyclic) bond motifs is 1. The Morgan fingerprint density at radius 2 is 1.83 bits per heavy atom. The quantitative estimate of drug-likeness (QED) is 0.650. The SMILES string of the molecule is CC1=CCc2c(ccc(C(C)C)c2CC(C)C)C1. The van der Waals surface area contributed by atoms with Gasteiger partial charge < -0.3 is 0 Å². The lowest BCUT2D eigenvalue weighted by molar-refractivity contribution is 0.633. The maximum absolute atomic E-state index is 2.41. The lowest BCUT2D eigenvalue weighted by Gasteiger charge is -2.24. The van der Waals surface area contributed by atoms with Crippen LogP contribution in [-0.2, 0) is 19.3 Å². The molecule has 0 unspecified atom stereocenters. The van der Waals surface area contributed by atoms with Crippen LogP contribution in [0.4, 0.5) is 0 Å². The van der Waals surface area contributed by atoms with E-state index in [0.717, 1.165) is 18.8 Å². The van der Waals surface area contributed by atoms with Crippen molar-refractivity contribution in [2.75, 3.05) is 0 Å². The minimum Gasteiger partial charge on any atom is -0.0809 e. The van der Waals surface area contributed by atoms with E-state index in [1.54, 1.807) is 22.3 Å². The van der Waals surface area contributed by atoms with Crippen LogP contribution in [0.2, 0.25) is 0 Å². The first kappa shape index (κ1) is 13.4. The summed E-state index contributed by atoms with van der Waals surface area (Å²) < 4.78 is 0. The second kappa shape index (κ2) is 5.30. The molecule has 0 bridgehead atoms. The van der Waals surface area contributed by atoms with Gasteiger partial charge >= 0.3 is 0 Å². The van der Waals surface area contributed by atoms with Gasteiger partial charge in [0.15, 0.2) is 0 Å². The lowest BCUT2D eigenvalue weighted by atomic mass is 9.81. The van der Waals surface area contributed by atoms with Gasteiger partial charge in [-0.2, -0.15) is 0 Å². The average molecular weight is 242 g/mol. The van der Waals surface area contributed by atoms with E-state index in [4.69, 9.17) is 0 Å². The van der Waals surface area contributed by atoms with Gasteiger partial charge in [-0.25, -0.2) is 0 Å². The standard InChI is InChI=1S/C18H26/c1-12(2)10-18-16(13(3)4)9-7-15-11-14(5)6-8-17(15)18/h6-7,9,12-13H,8,10-11H2,1-5H3. The van der Waals surface area contributed by atoms with Crippen molar-refractivity contribution in [1.29, 1.82) is 0 Å². The zero-order valence-corrected chi connectivity index (χ0v) is 12.5. The molecule has 1 aliphatic rings. The molecule has 0 nitrogen and oxygen atoms in total. The molecule has 0 saturated heterocycles. The normalized spacial score (nSPS) is 14.9. The maximum Gasteiger partial charge on any atom is -0.00668 e. The summed E-state index contributed by atoms with van der Waals surface area (Å²) in [4.78, 5) is 0. The minimum atomic E-state index is 0.635. The molecule has 0 heteroatoms. The van der Waals surface area contributed by atoms with E-state index in [0.29, 0.717) is 5.92 Å². The monoisotopic (exact) mass is 242 g/mol. The van der Waals surface area contributed by atoms with Gasteiger partial charge in [0.25, 0.3) is 0 Å². The smallest absolute Gasteiger partial charge is 0.00668 e. The fourth-order valence-electron chi connectivity index (χ4n) is 3.02. The Hall–Kier alpha value is -1.04. The first-order valence-electron chi connectivity index (χ1n) is 7.28. The highest BCUT2D eigenvalue weighted by molar-refractivity contribution is 5.47. The van der Waals surface area contributed by atoms with Crippen LogP contribution in [0.3, 0.4) is 0 Å².